The molecule has 0 aliphatic rings. The van der Waals surface area contributed by atoms with Gasteiger partial charge in [-0.15, -0.1) is 13.2 Å². The average Bonchev–Trinajstić information content (AvgIpc) is 2.10. The Balaban J connectivity index is 3.18. The van der Waals surface area contributed by atoms with E-state index in [2.05, 4.69) is 9.72 Å². The maximum atomic E-state index is 11.8. The summed E-state index contributed by atoms with van der Waals surface area (Å²) in [5.74, 6) is -2.09. The fraction of sp³-hybridized carbons (Fsp3) is 0.143. The van der Waals surface area contributed by atoms with Crippen molar-refractivity contribution in [2.75, 3.05) is 5.73 Å². The van der Waals surface area contributed by atoms with Crippen LogP contribution in [0.25, 0.3) is 0 Å². The molecule has 0 bridgehead atoms. The molecule has 5 nitrogen and oxygen atoms in total. The molecule has 1 rings (SSSR count). The molecule has 0 aliphatic carbocycles. The van der Waals surface area contributed by atoms with E-state index in [9.17, 15) is 13.2 Å². The fourth-order valence-corrected chi connectivity index (χ4v) is 0.772. The van der Waals surface area contributed by atoms with E-state index in [1.54, 1.807) is 0 Å². The first-order valence-electron chi connectivity index (χ1n) is 3.49. The van der Waals surface area contributed by atoms with Gasteiger partial charge in [-0.3, -0.25) is 0 Å². The molecule has 3 N–H and O–H groups in total. The predicted octanol–water partition coefficient (Wildman–Crippen LogP) is 1.14. The third kappa shape index (κ3) is 2.63. The lowest BCUT2D eigenvalue weighted by molar-refractivity contribution is -0.276. The van der Waals surface area contributed by atoms with Crippen LogP contribution in [0.4, 0.5) is 18.9 Å². The van der Waals surface area contributed by atoms with E-state index >= 15 is 0 Å². The maximum Gasteiger partial charge on any atom is 0.574 e. The third-order valence-corrected chi connectivity index (χ3v) is 1.32. The van der Waals surface area contributed by atoms with E-state index in [0.717, 1.165) is 6.07 Å². The summed E-state index contributed by atoms with van der Waals surface area (Å²) in [6, 6.07) is 2.40. The second kappa shape index (κ2) is 3.53. The molecule has 0 spiro atoms. The Hall–Kier alpha value is -2.17. The second-order valence-electron chi connectivity index (χ2n) is 2.41. The predicted molar refractivity (Wildman–Crippen MR) is 41.7 cm³/mol. The quantitative estimate of drug-likeness (QED) is 0.738. The van der Waals surface area contributed by atoms with Gasteiger partial charge >= 0.3 is 6.36 Å². The normalized spacial score (nSPS) is 10.8. The summed E-state index contributed by atoms with van der Waals surface area (Å²) in [6.07, 6.45) is -5.01. The Morgan fingerprint density at radius 2 is 2.13 bits per heavy atom. The highest BCUT2D eigenvalue weighted by molar-refractivity contribution is 5.58. The van der Waals surface area contributed by atoms with E-state index in [1.165, 1.54) is 6.07 Å². The van der Waals surface area contributed by atoms with Crippen molar-refractivity contribution in [1.29, 1.82) is 5.26 Å². The summed E-state index contributed by atoms with van der Waals surface area (Å²) in [4.78, 5) is 3.10. The van der Waals surface area contributed by atoms with Crippen LogP contribution in [0, 0.1) is 11.3 Å². The topological polar surface area (TPSA) is 92.2 Å². The zero-order valence-electron chi connectivity index (χ0n) is 7.04. The monoisotopic (exact) mass is 219 g/mol. The number of nitrogens with two attached hydrogens (primary N) is 1. The summed E-state index contributed by atoms with van der Waals surface area (Å²) in [7, 11) is 0. The van der Waals surface area contributed by atoms with E-state index < -0.39 is 23.7 Å². The van der Waals surface area contributed by atoms with Gasteiger partial charge in [0.15, 0.2) is 0 Å². The molecule has 0 fully saturated rings. The van der Waals surface area contributed by atoms with Crippen molar-refractivity contribution in [3.8, 4) is 17.7 Å². The molecule has 0 saturated heterocycles. The number of nitriles is 1. The number of pyridine rings is 1. The molecule has 0 aromatic carbocycles. The minimum absolute atomic E-state index is 0.385. The zero-order valence-corrected chi connectivity index (χ0v) is 7.04. The van der Waals surface area contributed by atoms with Gasteiger partial charge < -0.3 is 15.6 Å². The lowest BCUT2D eigenvalue weighted by atomic mass is 10.3. The minimum atomic E-state index is -5.01. The molecular formula is C7H4F3N3O2. The van der Waals surface area contributed by atoms with Crippen LogP contribution in [0.15, 0.2) is 6.07 Å². The first kappa shape index (κ1) is 10.9. The highest BCUT2D eigenvalue weighted by Crippen LogP contribution is 2.34. The summed E-state index contributed by atoms with van der Waals surface area (Å²) in [5.41, 5.74) is 4.33. The van der Waals surface area contributed by atoms with Crippen molar-refractivity contribution in [3.05, 3.63) is 11.8 Å². The van der Waals surface area contributed by atoms with Gasteiger partial charge in [-0.1, -0.05) is 0 Å². The molecule has 15 heavy (non-hydrogen) atoms. The van der Waals surface area contributed by atoms with Crippen LogP contribution in [0.5, 0.6) is 11.6 Å². The van der Waals surface area contributed by atoms with Crippen molar-refractivity contribution < 1.29 is 23.0 Å². The van der Waals surface area contributed by atoms with E-state index in [0.29, 0.717) is 0 Å². The molecule has 0 unspecified atom stereocenters. The molecule has 0 aliphatic heterocycles. The van der Waals surface area contributed by atoms with Gasteiger partial charge in [0.1, 0.15) is 11.8 Å². The molecule has 0 amide bonds. The van der Waals surface area contributed by atoms with E-state index in [4.69, 9.17) is 16.1 Å². The summed E-state index contributed by atoms with van der Waals surface area (Å²) in [5, 5.41) is 17.4. The van der Waals surface area contributed by atoms with Gasteiger partial charge in [-0.05, 0) is 0 Å². The molecule has 8 heteroatoms. The largest absolute Gasteiger partial charge is 0.574 e. The zero-order chi connectivity index (χ0) is 11.6. The van der Waals surface area contributed by atoms with Gasteiger partial charge in [0.05, 0.1) is 5.69 Å². The highest BCUT2D eigenvalue weighted by atomic mass is 19.4. The first-order valence-corrected chi connectivity index (χ1v) is 3.49. The second-order valence-corrected chi connectivity index (χ2v) is 2.41. The highest BCUT2D eigenvalue weighted by Gasteiger charge is 2.33. The molecule has 0 radical (unpaired) electrons. The minimum Gasteiger partial charge on any atom is -0.502 e. The van der Waals surface area contributed by atoms with Crippen molar-refractivity contribution in [2.24, 2.45) is 0 Å². The lowest BCUT2D eigenvalue weighted by Gasteiger charge is -2.10. The number of nitrogens with zero attached hydrogens (tertiary/aromatic N) is 2. The van der Waals surface area contributed by atoms with Gasteiger partial charge in [0.25, 0.3) is 5.88 Å². The smallest absolute Gasteiger partial charge is 0.502 e. The number of aromatic hydroxyl groups is 1. The average molecular weight is 219 g/mol. The molecule has 1 heterocycles. The molecule has 0 atom stereocenters. The third-order valence-electron chi connectivity index (χ3n) is 1.32. The molecule has 0 saturated carbocycles. The summed E-state index contributed by atoms with van der Waals surface area (Å²) < 4.78 is 38.7. The summed E-state index contributed by atoms with van der Waals surface area (Å²) in [6.45, 7) is 0. The van der Waals surface area contributed by atoms with Crippen molar-refractivity contribution in [3.63, 3.8) is 0 Å². The van der Waals surface area contributed by atoms with Gasteiger partial charge in [0, 0.05) is 6.07 Å². The standard InChI is InChI=1S/C7H4F3N3O2/c8-7(9,10)15-6-5(14)4(12)1-3(2-11)13-6/h1,14H,(H2,12,13). The first-order chi connectivity index (χ1) is 6.83. The molecule has 1 aromatic heterocycles. The number of anilines is 1. The Bertz CT molecular complexity index is 425. The Labute approximate surface area is 81.5 Å². The number of hydrogen-bond donors (Lipinski definition) is 2. The van der Waals surface area contributed by atoms with Gasteiger partial charge in [-0.25, -0.2) is 0 Å². The number of aromatic nitrogens is 1. The maximum absolute atomic E-state index is 11.8. The van der Waals surface area contributed by atoms with E-state index in [1.807, 2.05) is 0 Å². The number of halogens is 3. The van der Waals surface area contributed by atoms with Crippen LogP contribution in [0.2, 0.25) is 0 Å². The van der Waals surface area contributed by atoms with Gasteiger partial charge in [0.2, 0.25) is 5.75 Å². The van der Waals surface area contributed by atoms with Gasteiger partial charge in [-0.2, -0.15) is 10.2 Å². The number of rotatable bonds is 1. The van der Waals surface area contributed by atoms with Crippen molar-refractivity contribution >= 4 is 5.69 Å². The van der Waals surface area contributed by atoms with Crippen LogP contribution in [0.1, 0.15) is 5.69 Å². The Morgan fingerprint density at radius 3 is 2.60 bits per heavy atom. The summed E-state index contributed by atoms with van der Waals surface area (Å²) >= 11 is 0. The van der Waals surface area contributed by atoms with Crippen LogP contribution < -0.4 is 10.5 Å². The SMILES string of the molecule is N#Cc1cc(N)c(O)c(OC(F)(F)F)n1. The number of hydrogen-bond acceptors (Lipinski definition) is 5. The number of alkyl halides is 3. The van der Waals surface area contributed by atoms with Crippen LogP contribution >= 0.6 is 0 Å². The van der Waals surface area contributed by atoms with Crippen LogP contribution in [-0.2, 0) is 0 Å². The molecule has 80 valence electrons. The van der Waals surface area contributed by atoms with Crippen molar-refractivity contribution in [2.45, 2.75) is 6.36 Å². The number of nitrogen functional groups attached to an aromatic ring is 1. The molecule has 1 aromatic rings. The Kier molecular flexibility index (Phi) is 2.57. The van der Waals surface area contributed by atoms with Crippen molar-refractivity contribution in [1.82, 2.24) is 4.98 Å². The van der Waals surface area contributed by atoms with Crippen LogP contribution in [-0.4, -0.2) is 16.5 Å². The van der Waals surface area contributed by atoms with E-state index in [-0.39, 0.29) is 5.69 Å². The molecular weight excluding hydrogens is 215 g/mol. The fourth-order valence-electron chi connectivity index (χ4n) is 0.772. The Morgan fingerprint density at radius 1 is 1.53 bits per heavy atom. The van der Waals surface area contributed by atoms with Crippen LogP contribution in [0.3, 0.4) is 0 Å². The number of ether oxygens (including phenoxy) is 1. The lowest BCUT2D eigenvalue weighted by Crippen LogP contribution is -2.18.